The molecule has 0 aliphatic heterocycles. The van der Waals surface area contributed by atoms with E-state index in [1.807, 2.05) is 6.07 Å². The van der Waals surface area contributed by atoms with Crippen molar-refractivity contribution in [1.82, 2.24) is 4.47 Å². The third-order valence-electron chi connectivity index (χ3n) is 3.64. The van der Waals surface area contributed by atoms with Crippen LogP contribution in [0.25, 0.3) is 0 Å². The summed E-state index contributed by atoms with van der Waals surface area (Å²) in [7, 11) is -1.38. The molecule has 0 unspecified atom stereocenters. The number of anilines is 1. The summed E-state index contributed by atoms with van der Waals surface area (Å²) in [6.07, 6.45) is 0. The van der Waals surface area contributed by atoms with Gasteiger partial charge in [0.1, 0.15) is 6.07 Å². The second kappa shape index (κ2) is 9.09. The average Bonchev–Trinajstić information content (AvgIpc) is 2.71. The lowest BCUT2D eigenvalue weighted by atomic mass is 10.2. The zero-order valence-corrected chi connectivity index (χ0v) is 15.9. The molecule has 146 valence electrons. The van der Waals surface area contributed by atoms with E-state index in [1.54, 1.807) is 18.2 Å². The molecule has 0 fully saturated rings. The Morgan fingerprint density at radius 3 is 2.39 bits per heavy atom. The van der Waals surface area contributed by atoms with Crippen molar-refractivity contribution in [2.75, 3.05) is 26.1 Å². The molecule has 1 amide bonds. The van der Waals surface area contributed by atoms with Crippen LogP contribution in [-0.4, -0.2) is 45.5 Å². The predicted molar refractivity (Wildman–Crippen MR) is 98.5 cm³/mol. The van der Waals surface area contributed by atoms with Crippen molar-refractivity contribution in [3.05, 3.63) is 59.7 Å². The minimum Gasteiger partial charge on any atom is -0.452 e. The van der Waals surface area contributed by atoms with Gasteiger partial charge in [0.25, 0.3) is 15.9 Å². The Hall–Kier alpha value is -3.26. The highest BCUT2D eigenvalue weighted by atomic mass is 32.2. The number of carbonyl (C=O) groups excluding carboxylic acids is 2. The van der Waals surface area contributed by atoms with Crippen molar-refractivity contribution >= 4 is 27.6 Å². The molecule has 0 heterocycles. The number of nitrogens with one attached hydrogen (secondary N) is 1. The second-order valence-electron chi connectivity index (χ2n) is 5.40. The molecule has 0 spiro atoms. The van der Waals surface area contributed by atoms with Gasteiger partial charge in [0.05, 0.1) is 28.8 Å². The summed E-state index contributed by atoms with van der Waals surface area (Å²) in [5.41, 5.74) is 0.659. The van der Waals surface area contributed by atoms with Gasteiger partial charge in [0, 0.05) is 7.05 Å². The number of benzene rings is 2. The number of carbonyl (C=O) groups is 2. The number of nitrogens with zero attached hydrogens (tertiary/aromatic N) is 2. The van der Waals surface area contributed by atoms with Crippen LogP contribution in [0.1, 0.15) is 15.9 Å². The molecular formula is C18H17N3O6S. The Bertz CT molecular complexity index is 1010. The van der Waals surface area contributed by atoms with Gasteiger partial charge >= 0.3 is 5.97 Å². The first-order chi connectivity index (χ1) is 13.3. The van der Waals surface area contributed by atoms with Gasteiger partial charge in [-0.15, -0.1) is 0 Å². The highest BCUT2D eigenvalue weighted by Gasteiger charge is 2.21. The normalized spacial score (nSPS) is 10.9. The van der Waals surface area contributed by atoms with E-state index in [9.17, 15) is 18.0 Å². The van der Waals surface area contributed by atoms with Crippen LogP contribution in [0.15, 0.2) is 53.4 Å². The van der Waals surface area contributed by atoms with E-state index in [2.05, 4.69) is 10.2 Å². The zero-order chi connectivity index (χ0) is 20.7. The number of sulfonamides is 1. The molecule has 10 heteroatoms. The van der Waals surface area contributed by atoms with E-state index in [0.29, 0.717) is 10.2 Å². The number of hydrogen-bond donors (Lipinski definition) is 1. The topological polar surface area (TPSA) is 126 Å². The molecule has 0 saturated heterocycles. The standard InChI is InChI=1S/C18H17N3O6S/c1-21(26-2)28(24,25)15-9-7-13(8-10-15)18(23)27-12-17(22)20-16-6-4-3-5-14(16)11-19/h3-10H,12H2,1-2H3,(H,20,22). The summed E-state index contributed by atoms with van der Waals surface area (Å²) in [4.78, 5) is 28.5. The summed E-state index contributed by atoms with van der Waals surface area (Å²) in [5, 5.41) is 11.5. The number of hydrogen-bond acceptors (Lipinski definition) is 7. The van der Waals surface area contributed by atoms with Crippen molar-refractivity contribution in [3.63, 3.8) is 0 Å². The van der Waals surface area contributed by atoms with Gasteiger partial charge < -0.3 is 10.1 Å². The number of para-hydroxylation sites is 1. The maximum Gasteiger partial charge on any atom is 0.338 e. The Kier molecular flexibility index (Phi) is 6.84. The minimum absolute atomic E-state index is 0.0701. The minimum atomic E-state index is -3.83. The van der Waals surface area contributed by atoms with Crippen LogP contribution in [0, 0.1) is 11.3 Å². The lowest BCUT2D eigenvalue weighted by Gasteiger charge is -2.14. The molecule has 0 bridgehead atoms. The van der Waals surface area contributed by atoms with Crippen molar-refractivity contribution in [2.24, 2.45) is 0 Å². The molecule has 0 atom stereocenters. The summed E-state index contributed by atoms with van der Waals surface area (Å²) >= 11 is 0. The molecule has 0 aliphatic rings. The number of amides is 1. The number of ether oxygens (including phenoxy) is 1. The van der Waals surface area contributed by atoms with Gasteiger partial charge in [-0.25, -0.2) is 13.2 Å². The third-order valence-corrected chi connectivity index (χ3v) is 5.33. The van der Waals surface area contributed by atoms with Gasteiger partial charge in [0.15, 0.2) is 6.61 Å². The highest BCUT2D eigenvalue weighted by molar-refractivity contribution is 7.89. The average molecular weight is 403 g/mol. The van der Waals surface area contributed by atoms with Gasteiger partial charge in [-0.3, -0.25) is 9.63 Å². The molecule has 0 aliphatic carbocycles. The molecule has 0 aromatic heterocycles. The summed E-state index contributed by atoms with van der Waals surface area (Å²) in [5.74, 6) is -1.41. The molecule has 9 nitrogen and oxygen atoms in total. The fourth-order valence-electron chi connectivity index (χ4n) is 2.10. The van der Waals surface area contributed by atoms with E-state index in [-0.39, 0.29) is 16.0 Å². The van der Waals surface area contributed by atoms with Crippen molar-refractivity contribution in [2.45, 2.75) is 4.90 Å². The van der Waals surface area contributed by atoms with Gasteiger partial charge in [-0.1, -0.05) is 16.6 Å². The van der Waals surface area contributed by atoms with Crippen LogP contribution >= 0.6 is 0 Å². The fraction of sp³-hybridized carbons (Fsp3) is 0.167. The van der Waals surface area contributed by atoms with Crippen molar-refractivity contribution in [3.8, 4) is 6.07 Å². The van der Waals surface area contributed by atoms with E-state index in [4.69, 9.17) is 10.00 Å². The summed E-state index contributed by atoms with van der Waals surface area (Å²) < 4.78 is 29.8. The maximum absolute atomic E-state index is 12.1. The van der Waals surface area contributed by atoms with Crippen LogP contribution in [0.2, 0.25) is 0 Å². The van der Waals surface area contributed by atoms with E-state index < -0.39 is 28.5 Å². The van der Waals surface area contributed by atoms with Gasteiger partial charge in [-0.05, 0) is 36.4 Å². The Morgan fingerprint density at radius 1 is 1.14 bits per heavy atom. The number of rotatable bonds is 7. The lowest BCUT2D eigenvalue weighted by molar-refractivity contribution is -0.119. The Morgan fingerprint density at radius 2 is 1.79 bits per heavy atom. The van der Waals surface area contributed by atoms with Gasteiger partial charge in [-0.2, -0.15) is 5.26 Å². The van der Waals surface area contributed by atoms with Crippen molar-refractivity contribution < 1.29 is 27.6 Å². The van der Waals surface area contributed by atoms with Crippen LogP contribution in [-0.2, 0) is 24.4 Å². The third kappa shape index (κ3) is 4.92. The molecule has 2 aromatic rings. The largest absolute Gasteiger partial charge is 0.452 e. The highest BCUT2D eigenvalue weighted by Crippen LogP contribution is 2.16. The molecule has 0 radical (unpaired) electrons. The molecule has 2 rings (SSSR count). The fourth-order valence-corrected chi connectivity index (χ4v) is 3.07. The SMILES string of the molecule is CON(C)S(=O)(=O)c1ccc(C(=O)OCC(=O)Nc2ccccc2C#N)cc1. The lowest BCUT2D eigenvalue weighted by Crippen LogP contribution is -2.25. The number of hydroxylamine groups is 1. The quantitative estimate of drug-likeness (QED) is 0.549. The van der Waals surface area contributed by atoms with Crippen LogP contribution in [0.5, 0.6) is 0 Å². The molecule has 0 saturated carbocycles. The molecule has 1 N–H and O–H groups in total. The molecular weight excluding hydrogens is 386 g/mol. The smallest absolute Gasteiger partial charge is 0.338 e. The van der Waals surface area contributed by atoms with Gasteiger partial charge in [0.2, 0.25) is 0 Å². The number of nitriles is 1. The van der Waals surface area contributed by atoms with Crippen LogP contribution < -0.4 is 5.32 Å². The summed E-state index contributed by atoms with van der Waals surface area (Å²) in [6.45, 7) is -0.564. The molecule has 2 aromatic carbocycles. The monoisotopic (exact) mass is 403 g/mol. The summed E-state index contributed by atoms with van der Waals surface area (Å²) in [6, 6.07) is 13.3. The Labute approximate surface area is 162 Å². The van der Waals surface area contributed by atoms with E-state index >= 15 is 0 Å². The Balaban J connectivity index is 1.98. The van der Waals surface area contributed by atoms with E-state index in [1.165, 1.54) is 44.5 Å². The van der Waals surface area contributed by atoms with Crippen molar-refractivity contribution in [1.29, 1.82) is 5.26 Å². The number of esters is 1. The first-order valence-electron chi connectivity index (χ1n) is 7.88. The first kappa shape index (κ1) is 21.0. The molecule has 28 heavy (non-hydrogen) atoms. The van der Waals surface area contributed by atoms with Crippen LogP contribution in [0.3, 0.4) is 0 Å². The maximum atomic E-state index is 12.1. The zero-order valence-electron chi connectivity index (χ0n) is 15.1. The van der Waals surface area contributed by atoms with E-state index in [0.717, 1.165) is 0 Å². The first-order valence-corrected chi connectivity index (χ1v) is 9.33. The second-order valence-corrected chi connectivity index (χ2v) is 7.34. The van der Waals surface area contributed by atoms with Crippen LogP contribution in [0.4, 0.5) is 5.69 Å². The predicted octanol–water partition coefficient (Wildman–Crippen LogP) is 1.54.